The summed E-state index contributed by atoms with van der Waals surface area (Å²) in [5.41, 5.74) is 0.584. The standard InChI is InChI=1S/C11H9ClO5/c1-5(11(14)15)6-2-8(12)7(3-13)10-9(6)16-4-17-10/h2-3,5H,4H2,1H3,(H,14,15). The average molecular weight is 257 g/mol. The zero-order valence-corrected chi connectivity index (χ0v) is 9.65. The van der Waals surface area contributed by atoms with Crippen LogP contribution in [0.2, 0.25) is 5.02 Å². The van der Waals surface area contributed by atoms with Gasteiger partial charge in [0.25, 0.3) is 0 Å². The van der Waals surface area contributed by atoms with Gasteiger partial charge in [-0.15, -0.1) is 0 Å². The number of carboxylic acid groups (broad SMARTS) is 1. The fourth-order valence-corrected chi connectivity index (χ4v) is 1.89. The first-order valence-corrected chi connectivity index (χ1v) is 5.24. The molecule has 1 atom stereocenters. The highest BCUT2D eigenvalue weighted by Crippen LogP contribution is 2.44. The molecule has 5 nitrogen and oxygen atoms in total. The van der Waals surface area contributed by atoms with Crippen molar-refractivity contribution in [1.29, 1.82) is 0 Å². The summed E-state index contributed by atoms with van der Waals surface area (Å²) in [6.45, 7) is 1.46. The van der Waals surface area contributed by atoms with Gasteiger partial charge in [-0.25, -0.2) is 0 Å². The van der Waals surface area contributed by atoms with Crippen LogP contribution in [0.15, 0.2) is 6.07 Å². The number of aliphatic carboxylic acids is 1. The number of hydrogen-bond donors (Lipinski definition) is 1. The van der Waals surface area contributed by atoms with Crippen LogP contribution in [-0.2, 0) is 4.79 Å². The molecule has 0 amide bonds. The zero-order valence-electron chi connectivity index (χ0n) is 8.90. The molecule has 0 spiro atoms. The molecule has 2 rings (SSSR count). The molecular weight excluding hydrogens is 248 g/mol. The second kappa shape index (κ2) is 4.25. The molecule has 1 aromatic rings. The van der Waals surface area contributed by atoms with E-state index in [0.29, 0.717) is 11.8 Å². The number of carbonyl (C=O) groups is 2. The maximum atomic E-state index is 11.0. The van der Waals surface area contributed by atoms with Crippen molar-refractivity contribution in [3.05, 3.63) is 22.2 Å². The molecule has 1 heterocycles. The SMILES string of the molecule is CC(C(=O)O)c1cc(Cl)c(C=O)c2c1OCO2. The number of carboxylic acids is 1. The fraction of sp³-hybridized carbons (Fsp3) is 0.273. The van der Waals surface area contributed by atoms with E-state index in [1.807, 2.05) is 0 Å². The topological polar surface area (TPSA) is 72.8 Å². The molecule has 1 aliphatic rings. The molecule has 17 heavy (non-hydrogen) atoms. The summed E-state index contributed by atoms with van der Waals surface area (Å²) >= 11 is 5.90. The third-order valence-electron chi connectivity index (χ3n) is 2.61. The first kappa shape index (κ1) is 11.7. The minimum atomic E-state index is -1.00. The Morgan fingerprint density at radius 3 is 2.76 bits per heavy atom. The summed E-state index contributed by atoms with van der Waals surface area (Å²) in [5, 5.41) is 9.13. The lowest BCUT2D eigenvalue weighted by atomic mass is 9.98. The first-order valence-electron chi connectivity index (χ1n) is 4.86. The van der Waals surface area contributed by atoms with Crippen LogP contribution in [0.1, 0.15) is 28.8 Å². The number of benzene rings is 1. The normalized spacial score (nSPS) is 14.5. The van der Waals surface area contributed by atoms with Crippen molar-refractivity contribution in [2.24, 2.45) is 0 Å². The third kappa shape index (κ3) is 1.82. The van der Waals surface area contributed by atoms with Crippen molar-refractivity contribution in [1.82, 2.24) is 0 Å². The quantitative estimate of drug-likeness (QED) is 0.838. The molecule has 0 radical (unpaired) electrons. The molecule has 1 aliphatic heterocycles. The van der Waals surface area contributed by atoms with E-state index in [0.717, 1.165) is 0 Å². The van der Waals surface area contributed by atoms with E-state index in [2.05, 4.69) is 0 Å². The van der Waals surface area contributed by atoms with Crippen molar-refractivity contribution < 1.29 is 24.2 Å². The van der Waals surface area contributed by atoms with Gasteiger partial charge in [0.15, 0.2) is 17.8 Å². The zero-order chi connectivity index (χ0) is 12.6. The predicted molar refractivity (Wildman–Crippen MR) is 59.0 cm³/mol. The molecule has 0 aromatic heterocycles. The summed E-state index contributed by atoms with van der Waals surface area (Å²) in [6.07, 6.45) is 0.561. The lowest BCUT2D eigenvalue weighted by molar-refractivity contribution is -0.138. The number of ether oxygens (including phenoxy) is 2. The van der Waals surface area contributed by atoms with Crippen LogP contribution in [0.25, 0.3) is 0 Å². The highest BCUT2D eigenvalue weighted by molar-refractivity contribution is 6.33. The van der Waals surface area contributed by atoms with E-state index < -0.39 is 11.9 Å². The molecule has 1 aromatic carbocycles. The van der Waals surface area contributed by atoms with E-state index >= 15 is 0 Å². The Labute approximate surface area is 102 Å². The second-order valence-electron chi connectivity index (χ2n) is 3.60. The molecule has 90 valence electrons. The number of fused-ring (bicyclic) bond motifs is 1. The van der Waals surface area contributed by atoms with Crippen LogP contribution >= 0.6 is 11.6 Å². The average Bonchev–Trinajstić information content (AvgIpc) is 2.75. The summed E-state index contributed by atoms with van der Waals surface area (Å²) < 4.78 is 10.3. The minimum absolute atomic E-state index is 0.0458. The third-order valence-corrected chi connectivity index (χ3v) is 2.93. The van der Waals surface area contributed by atoms with Crippen LogP contribution in [0.3, 0.4) is 0 Å². The smallest absolute Gasteiger partial charge is 0.310 e. The summed E-state index contributed by atoms with van der Waals surface area (Å²) in [7, 11) is 0. The van der Waals surface area contributed by atoms with Crippen LogP contribution < -0.4 is 9.47 Å². The van der Waals surface area contributed by atoms with Gasteiger partial charge >= 0.3 is 5.97 Å². The number of hydrogen-bond acceptors (Lipinski definition) is 4. The maximum Gasteiger partial charge on any atom is 0.310 e. The van der Waals surface area contributed by atoms with E-state index in [9.17, 15) is 9.59 Å². The van der Waals surface area contributed by atoms with Crippen LogP contribution in [-0.4, -0.2) is 24.2 Å². The van der Waals surface area contributed by atoms with Crippen molar-refractivity contribution in [2.75, 3.05) is 6.79 Å². The highest BCUT2D eigenvalue weighted by atomic mass is 35.5. The monoisotopic (exact) mass is 256 g/mol. The van der Waals surface area contributed by atoms with Gasteiger partial charge in [0.1, 0.15) is 0 Å². The van der Waals surface area contributed by atoms with Gasteiger partial charge in [0.2, 0.25) is 6.79 Å². The molecule has 1 N–H and O–H groups in total. The summed E-state index contributed by atoms with van der Waals surface area (Å²) in [5.74, 6) is -1.29. The Hall–Kier alpha value is -1.75. The predicted octanol–water partition coefficient (Wildman–Crippen LogP) is 2.07. The van der Waals surface area contributed by atoms with E-state index in [-0.39, 0.29) is 28.9 Å². The Morgan fingerprint density at radius 1 is 1.53 bits per heavy atom. The van der Waals surface area contributed by atoms with Crippen molar-refractivity contribution >= 4 is 23.9 Å². The molecule has 0 saturated heterocycles. The van der Waals surface area contributed by atoms with Crippen LogP contribution in [0, 0.1) is 0 Å². The Kier molecular flexibility index (Phi) is 2.93. The van der Waals surface area contributed by atoms with Gasteiger partial charge in [-0.1, -0.05) is 11.6 Å². The van der Waals surface area contributed by atoms with Crippen molar-refractivity contribution in [3.8, 4) is 11.5 Å². The number of aldehydes is 1. The fourth-order valence-electron chi connectivity index (χ4n) is 1.65. The van der Waals surface area contributed by atoms with Gasteiger partial charge < -0.3 is 14.6 Å². The number of carbonyl (C=O) groups excluding carboxylic acids is 1. The Bertz CT molecular complexity index is 497. The summed E-state index contributed by atoms with van der Waals surface area (Å²) in [4.78, 5) is 21.8. The van der Waals surface area contributed by atoms with E-state index in [1.165, 1.54) is 13.0 Å². The van der Waals surface area contributed by atoms with E-state index in [4.69, 9.17) is 26.2 Å². The highest BCUT2D eigenvalue weighted by Gasteiger charge is 2.29. The maximum absolute atomic E-state index is 11.0. The molecular formula is C11H9ClO5. The van der Waals surface area contributed by atoms with Gasteiger partial charge in [-0.3, -0.25) is 9.59 Å². The largest absolute Gasteiger partial charge is 0.481 e. The van der Waals surface area contributed by atoms with Gasteiger partial charge in [-0.05, 0) is 13.0 Å². The van der Waals surface area contributed by atoms with Crippen molar-refractivity contribution in [2.45, 2.75) is 12.8 Å². The van der Waals surface area contributed by atoms with Crippen LogP contribution in [0.5, 0.6) is 11.5 Å². The lowest BCUT2D eigenvalue weighted by Crippen LogP contribution is -2.08. The molecule has 0 bridgehead atoms. The van der Waals surface area contributed by atoms with Crippen LogP contribution in [0.4, 0.5) is 0 Å². The molecule has 0 saturated carbocycles. The molecule has 0 aliphatic carbocycles. The number of halogens is 1. The number of rotatable bonds is 3. The molecule has 6 heteroatoms. The summed E-state index contributed by atoms with van der Waals surface area (Å²) in [6, 6.07) is 1.43. The molecule has 1 unspecified atom stereocenters. The molecule has 0 fully saturated rings. The Morgan fingerprint density at radius 2 is 2.18 bits per heavy atom. The minimum Gasteiger partial charge on any atom is -0.481 e. The van der Waals surface area contributed by atoms with Gasteiger partial charge in [0, 0.05) is 5.56 Å². The lowest BCUT2D eigenvalue weighted by Gasteiger charge is -2.12. The Balaban J connectivity index is 2.63. The second-order valence-corrected chi connectivity index (χ2v) is 4.01. The van der Waals surface area contributed by atoms with Gasteiger partial charge in [-0.2, -0.15) is 0 Å². The van der Waals surface area contributed by atoms with E-state index in [1.54, 1.807) is 0 Å². The first-order chi connectivity index (χ1) is 8.06. The van der Waals surface area contributed by atoms with Gasteiger partial charge in [0.05, 0.1) is 16.5 Å². The van der Waals surface area contributed by atoms with Crippen molar-refractivity contribution in [3.63, 3.8) is 0 Å².